The Morgan fingerprint density at radius 2 is 1.81 bits per heavy atom. The number of hydrogen-bond acceptors (Lipinski definition) is 3. The molecular formula is C23H19N2S2+. The van der Waals surface area contributed by atoms with E-state index in [0.717, 1.165) is 29.9 Å². The van der Waals surface area contributed by atoms with Gasteiger partial charge in [-0.25, -0.2) is 4.98 Å². The number of benzene rings is 2. The smallest absolute Gasteiger partial charge is 0.241 e. The van der Waals surface area contributed by atoms with Crippen LogP contribution in [0.25, 0.3) is 26.5 Å². The number of rotatable bonds is 5. The molecule has 0 saturated heterocycles. The Balaban J connectivity index is 1.23. The maximum atomic E-state index is 4.66. The number of nitrogens with zero attached hydrogens (tertiary/aromatic N) is 2. The maximum absolute atomic E-state index is 4.66. The molecule has 4 heteroatoms. The topological polar surface area (TPSA) is 16.8 Å². The summed E-state index contributed by atoms with van der Waals surface area (Å²) in [4.78, 5) is 4.66. The molecule has 0 radical (unpaired) electrons. The molecule has 1 aliphatic rings. The van der Waals surface area contributed by atoms with Crippen LogP contribution in [0.1, 0.15) is 15.6 Å². The lowest BCUT2D eigenvalue weighted by atomic mass is 10.2. The second kappa shape index (κ2) is 7.22. The van der Waals surface area contributed by atoms with Crippen LogP contribution < -0.4 is 4.57 Å². The SMILES string of the molecule is C(=CC=Cc1sc2cccc3c2[n+]1CC3)C=CCc1nc2ccccc2s1. The van der Waals surface area contributed by atoms with Crippen molar-refractivity contribution >= 4 is 49.2 Å². The molecule has 1 aliphatic heterocycles. The molecule has 4 aromatic rings. The number of aromatic nitrogens is 2. The number of para-hydroxylation sites is 2. The Bertz CT molecular complexity index is 1170. The van der Waals surface area contributed by atoms with Gasteiger partial charge in [-0.15, -0.1) is 11.3 Å². The van der Waals surface area contributed by atoms with Gasteiger partial charge in [0, 0.05) is 24.5 Å². The minimum absolute atomic E-state index is 0.881. The summed E-state index contributed by atoms with van der Waals surface area (Å²) in [5.74, 6) is 0. The van der Waals surface area contributed by atoms with Crippen LogP contribution in [-0.2, 0) is 19.4 Å². The first kappa shape index (κ1) is 16.6. The lowest BCUT2D eigenvalue weighted by molar-refractivity contribution is -0.661. The van der Waals surface area contributed by atoms with Crippen LogP contribution >= 0.6 is 22.7 Å². The highest BCUT2D eigenvalue weighted by atomic mass is 32.1. The Morgan fingerprint density at radius 3 is 2.78 bits per heavy atom. The van der Waals surface area contributed by atoms with Gasteiger partial charge in [0.2, 0.25) is 5.52 Å². The van der Waals surface area contributed by atoms with E-state index >= 15 is 0 Å². The Labute approximate surface area is 166 Å². The average Bonchev–Trinajstić information content (AvgIpc) is 3.39. The van der Waals surface area contributed by atoms with Gasteiger partial charge in [0.05, 0.1) is 15.2 Å². The van der Waals surface area contributed by atoms with Gasteiger partial charge in [0.1, 0.15) is 4.70 Å². The quantitative estimate of drug-likeness (QED) is 0.316. The summed E-state index contributed by atoms with van der Waals surface area (Å²) in [5, 5.41) is 2.50. The van der Waals surface area contributed by atoms with Crippen LogP contribution in [0.2, 0.25) is 0 Å². The first-order valence-corrected chi connectivity index (χ1v) is 10.8. The molecule has 0 unspecified atom stereocenters. The molecular weight excluding hydrogens is 368 g/mol. The molecule has 2 nitrogen and oxygen atoms in total. The van der Waals surface area contributed by atoms with Crippen LogP contribution in [0.15, 0.2) is 72.8 Å². The van der Waals surface area contributed by atoms with Crippen LogP contribution in [-0.4, -0.2) is 4.98 Å². The Morgan fingerprint density at radius 1 is 0.926 bits per heavy atom. The van der Waals surface area contributed by atoms with E-state index in [4.69, 9.17) is 0 Å². The van der Waals surface area contributed by atoms with Gasteiger partial charge in [-0.05, 0) is 18.2 Å². The Kier molecular flexibility index (Phi) is 4.44. The van der Waals surface area contributed by atoms with Gasteiger partial charge in [0.25, 0.3) is 5.01 Å². The molecule has 0 amide bonds. The van der Waals surface area contributed by atoms with Crippen molar-refractivity contribution in [3.8, 4) is 0 Å². The second-order valence-corrected chi connectivity index (χ2v) is 8.73. The minimum Gasteiger partial charge on any atom is -0.241 e. The van der Waals surface area contributed by atoms with Crippen molar-refractivity contribution in [3.05, 3.63) is 88.4 Å². The van der Waals surface area contributed by atoms with Crippen LogP contribution in [0.4, 0.5) is 0 Å². The van der Waals surface area contributed by atoms with Gasteiger partial charge >= 0.3 is 0 Å². The predicted molar refractivity (Wildman–Crippen MR) is 116 cm³/mol. The van der Waals surface area contributed by atoms with Gasteiger partial charge in [-0.3, -0.25) is 0 Å². The predicted octanol–water partition coefficient (Wildman–Crippen LogP) is 5.72. The third-order valence-electron chi connectivity index (χ3n) is 4.78. The van der Waals surface area contributed by atoms with Crippen molar-refractivity contribution < 1.29 is 4.57 Å². The molecule has 3 heterocycles. The van der Waals surface area contributed by atoms with Crippen molar-refractivity contribution in [3.63, 3.8) is 0 Å². The summed E-state index contributed by atoms with van der Waals surface area (Å²) in [7, 11) is 0. The van der Waals surface area contributed by atoms with Crippen LogP contribution in [0.3, 0.4) is 0 Å². The first-order valence-electron chi connectivity index (χ1n) is 9.17. The molecule has 5 rings (SSSR count). The number of hydrogen-bond donors (Lipinski definition) is 0. The Hall–Kier alpha value is -2.56. The number of thiazole rings is 2. The van der Waals surface area contributed by atoms with E-state index in [1.807, 2.05) is 17.4 Å². The number of allylic oxidation sites excluding steroid dienone is 5. The van der Waals surface area contributed by atoms with E-state index in [-0.39, 0.29) is 0 Å². The van der Waals surface area contributed by atoms with Crippen LogP contribution in [0, 0.1) is 0 Å². The lowest BCUT2D eigenvalue weighted by Crippen LogP contribution is -2.31. The average molecular weight is 388 g/mol. The zero-order chi connectivity index (χ0) is 18.1. The van der Waals surface area contributed by atoms with Gasteiger partial charge in [-0.2, -0.15) is 4.57 Å². The van der Waals surface area contributed by atoms with Gasteiger partial charge in [-0.1, -0.05) is 66.0 Å². The molecule has 0 spiro atoms. The van der Waals surface area contributed by atoms with E-state index in [1.54, 1.807) is 11.3 Å². The summed E-state index contributed by atoms with van der Waals surface area (Å²) >= 11 is 3.65. The van der Waals surface area contributed by atoms with Gasteiger partial charge in [0.15, 0.2) is 6.54 Å². The van der Waals surface area contributed by atoms with E-state index in [0.29, 0.717) is 0 Å². The first-order chi connectivity index (χ1) is 13.4. The van der Waals surface area contributed by atoms with Crippen molar-refractivity contribution in [1.82, 2.24) is 4.98 Å². The van der Waals surface area contributed by atoms with Crippen molar-refractivity contribution in [1.29, 1.82) is 0 Å². The van der Waals surface area contributed by atoms with Crippen molar-refractivity contribution in [2.75, 3.05) is 0 Å². The van der Waals surface area contributed by atoms with E-state index < -0.39 is 0 Å². The van der Waals surface area contributed by atoms with Crippen molar-refractivity contribution in [2.45, 2.75) is 19.4 Å². The maximum Gasteiger partial charge on any atom is 0.262 e. The fourth-order valence-electron chi connectivity index (χ4n) is 3.54. The summed E-state index contributed by atoms with van der Waals surface area (Å²) < 4.78 is 5.10. The highest BCUT2D eigenvalue weighted by molar-refractivity contribution is 7.19. The molecule has 27 heavy (non-hydrogen) atoms. The third kappa shape index (κ3) is 3.27. The van der Waals surface area contributed by atoms with E-state index in [1.165, 1.54) is 25.5 Å². The van der Waals surface area contributed by atoms with Gasteiger partial charge < -0.3 is 0 Å². The molecule has 0 N–H and O–H groups in total. The molecule has 2 aromatic heterocycles. The monoisotopic (exact) mass is 387 g/mol. The summed E-state index contributed by atoms with van der Waals surface area (Å²) in [6.07, 6.45) is 14.9. The summed E-state index contributed by atoms with van der Waals surface area (Å²) in [6, 6.07) is 15.0. The summed E-state index contributed by atoms with van der Waals surface area (Å²) in [6.45, 7) is 1.10. The second-order valence-electron chi connectivity index (χ2n) is 6.56. The third-order valence-corrected chi connectivity index (χ3v) is 6.95. The molecule has 0 fully saturated rings. The van der Waals surface area contributed by atoms with Crippen molar-refractivity contribution in [2.24, 2.45) is 0 Å². The normalized spacial score (nSPS) is 14.1. The number of aryl methyl sites for hydroxylation is 2. The molecule has 0 atom stereocenters. The molecule has 2 aromatic carbocycles. The zero-order valence-corrected chi connectivity index (χ0v) is 16.5. The summed E-state index contributed by atoms with van der Waals surface area (Å²) in [5.41, 5.74) is 4.01. The molecule has 0 aliphatic carbocycles. The molecule has 0 saturated carbocycles. The van der Waals surface area contributed by atoms with E-state index in [9.17, 15) is 0 Å². The fourth-order valence-corrected chi connectivity index (χ4v) is 5.63. The lowest BCUT2D eigenvalue weighted by Gasteiger charge is -1.86. The fraction of sp³-hybridized carbons (Fsp3) is 0.130. The van der Waals surface area contributed by atoms with E-state index in [2.05, 4.69) is 82.4 Å². The largest absolute Gasteiger partial charge is 0.262 e. The zero-order valence-electron chi connectivity index (χ0n) is 14.8. The molecule has 0 bridgehead atoms. The van der Waals surface area contributed by atoms with Crippen LogP contribution in [0.5, 0.6) is 0 Å². The standard InChI is InChI=1S/C23H19N2S2/c1(2-4-13-21-24-18-10-6-7-11-19(18)26-21)3-5-14-22-25-16-15-17-9-8-12-20(27-22)23(17)25/h1-12,14H,13,15-16H2/q+1. The highest BCUT2D eigenvalue weighted by Crippen LogP contribution is 2.28. The minimum atomic E-state index is 0.881. The molecule has 132 valence electrons. The highest BCUT2D eigenvalue weighted by Gasteiger charge is 2.26. The number of fused-ring (bicyclic) bond motifs is 1.